The van der Waals surface area contributed by atoms with Crippen LogP contribution in [0.2, 0.25) is 0 Å². The van der Waals surface area contributed by atoms with Gasteiger partial charge in [0.05, 0.1) is 5.69 Å². The second-order valence-electron chi connectivity index (χ2n) is 1.76. The summed E-state index contributed by atoms with van der Waals surface area (Å²) in [4.78, 5) is 4.00. The summed E-state index contributed by atoms with van der Waals surface area (Å²) >= 11 is 4.07. The molecule has 0 radical (unpaired) electrons. The minimum Gasteiger partial charge on any atom is -0.280 e. The molecule has 0 saturated carbocycles. The monoisotopic (exact) mass is 128 g/mol. The molecule has 0 spiro atoms. The van der Waals surface area contributed by atoms with Crippen molar-refractivity contribution in [3.05, 3.63) is 17.7 Å². The minimum atomic E-state index is 1.04. The lowest BCUT2D eigenvalue weighted by Gasteiger charge is -1.89. The predicted molar refractivity (Wildman–Crippen MR) is 36.1 cm³/mol. The highest BCUT2D eigenvalue weighted by molar-refractivity contribution is 7.78. The summed E-state index contributed by atoms with van der Waals surface area (Å²) in [6.45, 7) is 3.94. The third-order valence-corrected chi connectivity index (χ3v) is 1.63. The average molecular weight is 128 g/mol. The van der Waals surface area contributed by atoms with Gasteiger partial charge in [0.1, 0.15) is 6.33 Å². The maximum Gasteiger partial charge on any atom is 0.105 e. The molecule has 0 fully saturated rings. The van der Waals surface area contributed by atoms with Crippen LogP contribution in [-0.2, 0) is 0 Å². The highest BCUT2D eigenvalue weighted by atomic mass is 32.1. The van der Waals surface area contributed by atoms with E-state index in [1.807, 2.05) is 13.8 Å². The third-order valence-electron chi connectivity index (χ3n) is 1.23. The Kier molecular flexibility index (Phi) is 1.29. The molecule has 0 aromatic carbocycles. The van der Waals surface area contributed by atoms with E-state index >= 15 is 0 Å². The van der Waals surface area contributed by atoms with E-state index in [4.69, 9.17) is 0 Å². The Labute approximate surface area is 54.1 Å². The van der Waals surface area contributed by atoms with Gasteiger partial charge in [0, 0.05) is 5.69 Å². The van der Waals surface area contributed by atoms with Crippen LogP contribution in [0.4, 0.5) is 0 Å². The Balaban J connectivity index is 3.19. The van der Waals surface area contributed by atoms with Crippen molar-refractivity contribution in [1.29, 1.82) is 0 Å². The molecule has 0 aliphatic heterocycles. The highest BCUT2D eigenvalue weighted by Gasteiger charge is 1.94. The first kappa shape index (κ1) is 5.69. The second-order valence-corrected chi connectivity index (χ2v) is 2.19. The molecule has 0 unspecified atom stereocenters. The number of hydrogen-bond donors (Lipinski definition) is 1. The number of hydrogen-bond acceptors (Lipinski definition) is 2. The van der Waals surface area contributed by atoms with Crippen LogP contribution in [0.1, 0.15) is 11.4 Å². The predicted octanol–water partition coefficient (Wildman–Crippen LogP) is 1.19. The molecule has 2 nitrogen and oxygen atoms in total. The maximum absolute atomic E-state index is 4.07. The average Bonchev–Trinajstić information content (AvgIpc) is 1.98. The number of imidazole rings is 1. The SMILES string of the molecule is Cc1ncn(S)c1C. The molecule has 1 rings (SSSR count). The fourth-order valence-corrected chi connectivity index (χ4v) is 0.683. The number of nitrogens with zero attached hydrogens (tertiary/aromatic N) is 2. The van der Waals surface area contributed by atoms with Crippen molar-refractivity contribution >= 4 is 12.8 Å². The van der Waals surface area contributed by atoms with E-state index in [0.29, 0.717) is 0 Å². The van der Waals surface area contributed by atoms with Gasteiger partial charge in [0.2, 0.25) is 0 Å². The van der Waals surface area contributed by atoms with Crippen LogP contribution in [-0.4, -0.2) is 8.96 Å². The van der Waals surface area contributed by atoms with Crippen LogP contribution in [0, 0.1) is 13.8 Å². The topological polar surface area (TPSA) is 17.8 Å². The third kappa shape index (κ3) is 0.733. The van der Waals surface area contributed by atoms with E-state index in [2.05, 4.69) is 17.8 Å². The van der Waals surface area contributed by atoms with Crippen molar-refractivity contribution in [3.8, 4) is 0 Å². The molecule has 0 bridgehead atoms. The van der Waals surface area contributed by atoms with Gasteiger partial charge in [0.15, 0.2) is 0 Å². The lowest BCUT2D eigenvalue weighted by molar-refractivity contribution is 1.16. The van der Waals surface area contributed by atoms with Crippen molar-refractivity contribution in [2.75, 3.05) is 0 Å². The van der Waals surface area contributed by atoms with Gasteiger partial charge < -0.3 is 0 Å². The second kappa shape index (κ2) is 1.82. The molecule has 0 N–H and O–H groups in total. The molecule has 0 aliphatic carbocycles. The van der Waals surface area contributed by atoms with Crippen LogP contribution < -0.4 is 0 Å². The van der Waals surface area contributed by atoms with Gasteiger partial charge in [-0.3, -0.25) is 3.97 Å². The van der Waals surface area contributed by atoms with Crippen molar-refractivity contribution in [3.63, 3.8) is 0 Å². The molecule has 0 amide bonds. The van der Waals surface area contributed by atoms with Crippen molar-refractivity contribution in [1.82, 2.24) is 8.96 Å². The first-order valence-electron chi connectivity index (χ1n) is 2.41. The van der Waals surface area contributed by atoms with Gasteiger partial charge >= 0.3 is 0 Å². The van der Waals surface area contributed by atoms with Crippen LogP contribution in [0.5, 0.6) is 0 Å². The summed E-state index contributed by atoms with van der Waals surface area (Å²) in [6.07, 6.45) is 1.69. The maximum atomic E-state index is 4.07. The zero-order valence-electron chi connectivity index (χ0n) is 4.92. The lowest BCUT2D eigenvalue weighted by atomic mass is 10.4. The molecule has 0 atom stereocenters. The first-order valence-corrected chi connectivity index (χ1v) is 2.81. The molecule has 0 saturated heterocycles. The van der Waals surface area contributed by atoms with E-state index in [-0.39, 0.29) is 0 Å². The highest BCUT2D eigenvalue weighted by Crippen LogP contribution is 2.03. The molecule has 44 valence electrons. The van der Waals surface area contributed by atoms with Crippen molar-refractivity contribution in [2.45, 2.75) is 13.8 Å². The van der Waals surface area contributed by atoms with Crippen LogP contribution in [0.15, 0.2) is 6.33 Å². The smallest absolute Gasteiger partial charge is 0.105 e. The van der Waals surface area contributed by atoms with Crippen molar-refractivity contribution in [2.24, 2.45) is 0 Å². The fourth-order valence-electron chi connectivity index (χ4n) is 0.487. The van der Waals surface area contributed by atoms with Gasteiger partial charge in [-0.2, -0.15) is 0 Å². The Morgan fingerprint density at radius 1 is 1.62 bits per heavy atom. The fraction of sp³-hybridized carbons (Fsp3) is 0.400. The van der Waals surface area contributed by atoms with Gasteiger partial charge in [-0.25, -0.2) is 4.98 Å². The van der Waals surface area contributed by atoms with E-state index in [9.17, 15) is 0 Å². The molecule has 0 aliphatic rings. The summed E-state index contributed by atoms with van der Waals surface area (Å²) in [5, 5.41) is 0. The number of thiol groups is 1. The molecular formula is C5H8N2S. The van der Waals surface area contributed by atoms with Gasteiger partial charge in [0.25, 0.3) is 0 Å². The standard InChI is InChI=1S/C5H8N2S/c1-4-5(2)7(8)3-6-4/h3,8H,1-2H3. The zero-order chi connectivity index (χ0) is 6.15. The molecule has 1 heterocycles. The zero-order valence-corrected chi connectivity index (χ0v) is 5.81. The summed E-state index contributed by atoms with van der Waals surface area (Å²) in [5.74, 6) is 0. The molecule has 8 heavy (non-hydrogen) atoms. The van der Waals surface area contributed by atoms with Crippen LogP contribution in [0.3, 0.4) is 0 Å². The van der Waals surface area contributed by atoms with Crippen LogP contribution in [0.25, 0.3) is 0 Å². The van der Waals surface area contributed by atoms with E-state index in [0.717, 1.165) is 11.4 Å². The summed E-state index contributed by atoms with van der Waals surface area (Å²) in [5.41, 5.74) is 2.15. The van der Waals surface area contributed by atoms with Gasteiger partial charge in [-0.1, -0.05) is 12.8 Å². The Bertz CT molecular complexity index is 173. The Morgan fingerprint density at radius 2 is 2.25 bits per heavy atom. The molecular weight excluding hydrogens is 120 g/mol. The summed E-state index contributed by atoms with van der Waals surface area (Å²) < 4.78 is 1.70. The summed E-state index contributed by atoms with van der Waals surface area (Å²) in [6, 6.07) is 0. The molecule has 1 aromatic rings. The van der Waals surface area contributed by atoms with Gasteiger partial charge in [-0.05, 0) is 13.8 Å². The number of aromatic nitrogens is 2. The Hall–Kier alpha value is -0.440. The van der Waals surface area contributed by atoms with E-state index in [1.54, 1.807) is 10.3 Å². The van der Waals surface area contributed by atoms with Crippen molar-refractivity contribution < 1.29 is 0 Å². The van der Waals surface area contributed by atoms with Gasteiger partial charge in [-0.15, -0.1) is 0 Å². The summed E-state index contributed by atoms with van der Waals surface area (Å²) in [7, 11) is 0. The minimum absolute atomic E-state index is 1.04. The number of aryl methyl sites for hydroxylation is 1. The first-order chi connectivity index (χ1) is 3.72. The van der Waals surface area contributed by atoms with E-state index in [1.165, 1.54) is 0 Å². The molecule has 3 heteroatoms. The Morgan fingerprint density at radius 3 is 2.38 bits per heavy atom. The largest absolute Gasteiger partial charge is 0.280 e. The lowest BCUT2D eigenvalue weighted by Crippen LogP contribution is -1.80. The van der Waals surface area contributed by atoms with E-state index < -0.39 is 0 Å². The quantitative estimate of drug-likeness (QED) is 0.520. The molecule has 1 aromatic heterocycles. The van der Waals surface area contributed by atoms with Crippen LogP contribution >= 0.6 is 12.8 Å². The normalized spacial score (nSPS) is 9.88. The number of rotatable bonds is 0.